The maximum atomic E-state index is 6.88. The number of aryl methyl sites for hydroxylation is 7. The third-order valence-electron chi connectivity index (χ3n) is 15.5. The van der Waals surface area contributed by atoms with Gasteiger partial charge >= 0.3 is 0 Å². The molecule has 0 bridgehead atoms. The van der Waals surface area contributed by atoms with E-state index in [1.54, 1.807) is 11.1 Å². The predicted molar refractivity (Wildman–Crippen MR) is 274 cm³/mol. The lowest BCUT2D eigenvalue weighted by Gasteiger charge is -2.29. The van der Waals surface area contributed by atoms with E-state index in [0.29, 0.717) is 0 Å². The minimum Gasteiger partial charge on any atom is -0.0840 e. The monoisotopic (exact) mass is 861 g/mol. The van der Waals surface area contributed by atoms with E-state index in [1.165, 1.54) is 186 Å². The lowest BCUT2D eigenvalue weighted by Crippen LogP contribution is -2.14. The van der Waals surface area contributed by atoms with Crippen LogP contribution in [0.1, 0.15) is 197 Å². The van der Waals surface area contributed by atoms with E-state index < -0.39 is 0 Å². The number of unbranched alkanes of at least 4 members (excludes halogenated alkanes) is 6. The minimum atomic E-state index is 0.759. The van der Waals surface area contributed by atoms with Gasteiger partial charge in [-0.25, -0.2) is 0 Å². The highest BCUT2D eigenvalue weighted by Gasteiger charge is 2.24. The Balaban J connectivity index is 0.786. The molecule has 0 aliphatic heterocycles. The highest BCUT2D eigenvalue weighted by Crippen LogP contribution is 2.39. The quantitative estimate of drug-likeness (QED) is 0.0542. The Hall–Kier alpha value is -3.61. The van der Waals surface area contributed by atoms with E-state index in [9.17, 15) is 0 Å². The lowest BCUT2D eigenvalue weighted by molar-refractivity contribution is 0.310. The van der Waals surface area contributed by atoms with Crippen LogP contribution >= 0.6 is 11.6 Å². The van der Waals surface area contributed by atoms with Gasteiger partial charge in [0, 0.05) is 5.02 Å². The van der Waals surface area contributed by atoms with Gasteiger partial charge < -0.3 is 0 Å². The Bertz CT molecular complexity index is 2000. The molecule has 0 atom stereocenters. The first-order valence-corrected chi connectivity index (χ1v) is 26.5. The van der Waals surface area contributed by atoms with E-state index in [2.05, 4.69) is 129 Å². The first-order chi connectivity index (χ1) is 31.0. The average Bonchev–Trinajstić information content (AvgIpc) is 3.33. The Morgan fingerprint density at radius 2 is 0.746 bits per heavy atom. The smallest absolute Gasteiger partial charge is 0.0440 e. The van der Waals surface area contributed by atoms with Crippen molar-refractivity contribution in [2.45, 2.75) is 193 Å². The molecule has 1 heteroatoms. The average molecular weight is 862 g/mol. The van der Waals surface area contributed by atoms with Crippen LogP contribution in [0.4, 0.5) is 0 Å². The maximum Gasteiger partial charge on any atom is 0.0440 e. The maximum absolute atomic E-state index is 6.88. The van der Waals surface area contributed by atoms with Crippen LogP contribution in [0.15, 0.2) is 115 Å². The van der Waals surface area contributed by atoms with Gasteiger partial charge in [-0.3, -0.25) is 0 Å². The predicted octanol–water partition coefficient (Wildman–Crippen LogP) is 18.0. The van der Waals surface area contributed by atoms with Gasteiger partial charge in [0.15, 0.2) is 0 Å². The Morgan fingerprint density at radius 1 is 0.365 bits per heavy atom. The molecular weight excluding hydrogens is 780 g/mol. The van der Waals surface area contributed by atoms with Gasteiger partial charge in [0.05, 0.1) is 0 Å². The first kappa shape index (κ1) is 47.4. The molecule has 7 rings (SSSR count). The molecule has 5 aromatic rings. The number of benzene rings is 5. The second-order valence-corrected chi connectivity index (χ2v) is 20.5. The van der Waals surface area contributed by atoms with Crippen molar-refractivity contribution in [2.75, 3.05) is 0 Å². The summed E-state index contributed by atoms with van der Waals surface area (Å²) in [6.45, 7) is 4.58. The molecule has 0 saturated heterocycles. The summed E-state index contributed by atoms with van der Waals surface area (Å²) in [4.78, 5) is 0. The zero-order valence-electron chi connectivity index (χ0n) is 39.5. The summed E-state index contributed by atoms with van der Waals surface area (Å²) < 4.78 is 0. The fourth-order valence-electron chi connectivity index (χ4n) is 11.1. The number of hydrogen-bond acceptors (Lipinski definition) is 0. The van der Waals surface area contributed by atoms with Crippen molar-refractivity contribution in [2.24, 2.45) is 11.8 Å². The lowest BCUT2D eigenvalue weighted by atomic mass is 9.76. The normalized spacial score (nSPS) is 19.0. The molecule has 0 nitrogen and oxygen atoms in total. The van der Waals surface area contributed by atoms with Crippen LogP contribution < -0.4 is 0 Å². The summed E-state index contributed by atoms with van der Waals surface area (Å²) in [7, 11) is 0. The third kappa shape index (κ3) is 15.2. The van der Waals surface area contributed by atoms with Crippen LogP contribution in [0.5, 0.6) is 0 Å². The summed E-state index contributed by atoms with van der Waals surface area (Å²) in [5.41, 5.74) is 14.8. The summed E-state index contributed by atoms with van der Waals surface area (Å²) in [6.07, 6.45) is 33.4. The number of rotatable bonds is 24. The van der Waals surface area contributed by atoms with E-state index in [1.807, 2.05) is 0 Å². The molecule has 63 heavy (non-hydrogen) atoms. The molecule has 0 heterocycles. The molecule has 0 radical (unpaired) electrons. The van der Waals surface area contributed by atoms with Crippen LogP contribution in [-0.2, 0) is 51.4 Å². The molecule has 0 unspecified atom stereocenters. The summed E-state index contributed by atoms with van der Waals surface area (Å²) in [5, 5.41) is 0.920. The first-order valence-electron chi connectivity index (χ1n) is 26.1. The summed E-state index contributed by atoms with van der Waals surface area (Å²) in [6, 6.07) is 45.0. The molecule has 2 aliphatic carbocycles. The van der Waals surface area contributed by atoms with Crippen molar-refractivity contribution in [3.8, 4) is 0 Å². The van der Waals surface area contributed by atoms with Crippen LogP contribution in [0.25, 0.3) is 0 Å². The molecule has 0 spiro atoms. The second-order valence-electron chi connectivity index (χ2n) is 20.1. The summed E-state index contributed by atoms with van der Waals surface area (Å²) >= 11 is 6.88. The highest BCUT2D eigenvalue weighted by atomic mass is 35.5. The van der Waals surface area contributed by atoms with Gasteiger partial charge in [0.25, 0.3) is 0 Å². The Kier molecular flexibility index (Phi) is 19.4. The summed E-state index contributed by atoms with van der Waals surface area (Å²) in [5.74, 6) is 3.26. The van der Waals surface area contributed by atoms with Crippen molar-refractivity contribution in [1.82, 2.24) is 0 Å². The molecule has 0 N–H and O–H groups in total. The van der Waals surface area contributed by atoms with Crippen LogP contribution in [0.2, 0.25) is 5.02 Å². The Morgan fingerprint density at radius 3 is 1.17 bits per heavy atom. The molecular formula is C62H81Cl. The standard InChI is InChI=1S/C62H81Cl/c1-3-5-7-9-12-48-28-38-56(39-29-48)58-42-32-54(33-43-58)26-20-50-16-22-52(23-17-50)36-46-60-14-11-15-62(63)61(60)47-37-53-24-18-51(19-25-53)21-27-55-34-44-59(45-35-55)57-40-30-49(31-41-57)13-10-8-6-4-2/h11,14-19,22-25,28-31,38-41,54-55,58-59H,3-10,12-13,20-21,26-27,32-37,42-47H2,1-2H3. The number of hydrogen-bond donors (Lipinski definition) is 0. The van der Waals surface area contributed by atoms with Crippen molar-refractivity contribution in [3.05, 3.63) is 176 Å². The third-order valence-corrected chi connectivity index (χ3v) is 15.9. The molecule has 2 aliphatic rings. The SMILES string of the molecule is CCCCCCc1ccc(C2CCC(CCc3ccc(CCc4cccc(Cl)c4CCc4ccc(CCC5CCC(c6ccc(CCCCCC)cc6)CC5)cc4)cc3)CC2)cc1. The van der Waals surface area contributed by atoms with E-state index >= 15 is 0 Å². The Labute approximate surface area is 390 Å². The largest absolute Gasteiger partial charge is 0.0840 e. The highest BCUT2D eigenvalue weighted by molar-refractivity contribution is 6.31. The van der Waals surface area contributed by atoms with Crippen molar-refractivity contribution < 1.29 is 0 Å². The molecule has 2 fully saturated rings. The van der Waals surface area contributed by atoms with E-state index in [-0.39, 0.29) is 0 Å². The molecule has 0 amide bonds. The van der Waals surface area contributed by atoms with E-state index in [0.717, 1.165) is 54.4 Å². The van der Waals surface area contributed by atoms with Gasteiger partial charge in [0.1, 0.15) is 0 Å². The van der Waals surface area contributed by atoms with Crippen LogP contribution in [0.3, 0.4) is 0 Å². The fraction of sp³-hybridized carbons (Fsp3) is 0.516. The van der Waals surface area contributed by atoms with Crippen molar-refractivity contribution in [1.29, 1.82) is 0 Å². The molecule has 5 aromatic carbocycles. The molecule has 0 aromatic heterocycles. The van der Waals surface area contributed by atoms with Gasteiger partial charge in [-0.15, -0.1) is 0 Å². The van der Waals surface area contributed by atoms with Gasteiger partial charge in [-0.1, -0.05) is 173 Å². The van der Waals surface area contributed by atoms with Gasteiger partial charge in [-0.2, -0.15) is 0 Å². The van der Waals surface area contributed by atoms with Crippen LogP contribution in [-0.4, -0.2) is 0 Å². The van der Waals surface area contributed by atoms with Gasteiger partial charge in [-0.05, 0) is 214 Å². The molecule has 336 valence electrons. The zero-order chi connectivity index (χ0) is 43.5. The zero-order valence-corrected chi connectivity index (χ0v) is 40.3. The van der Waals surface area contributed by atoms with Gasteiger partial charge in [0.2, 0.25) is 0 Å². The van der Waals surface area contributed by atoms with E-state index in [4.69, 9.17) is 11.6 Å². The minimum absolute atomic E-state index is 0.759. The topological polar surface area (TPSA) is 0 Å². The van der Waals surface area contributed by atoms with Crippen molar-refractivity contribution in [3.63, 3.8) is 0 Å². The van der Waals surface area contributed by atoms with Crippen molar-refractivity contribution >= 4 is 11.6 Å². The fourth-order valence-corrected chi connectivity index (χ4v) is 11.4. The van der Waals surface area contributed by atoms with Crippen LogP contribution in [0, 0.1) is 11.8 Å². The molecule has 2 saturated carbocycles. The number of halogens is 1. The second kappa shape index (κ2) is 25.8.